The summed E-state index contributed by atoms with van der Waals surface area (Å²) in [5, 5.41) is 7.98. The van der Waals surface area contributed by atoms with Gasteiger partial charge >= 0.3 is 4.87 Å². The molecular weight excluding hydrogens is 318 g/mol. The Morgan fingerprint density at radius 3 is 2.77 bits per heavy atom. The molecule has 1 aliphatic carbocycles. The number of nitrogens with zero attached hydrogens (tertiary/aromatic N) is 2. The minimum atomic E-state index is -0.292. The van der Waals surface area contributed by atoms with Gasteiger partial charge in [0.15, 0.2) is 0 Å². The molecular formula is C15H19N3O2S2. The van der Waals surface area contributed by atoms with Crippen molar-refractivity contribution in [2.24, 2.45) is 0 Å². The average Bonchev–Trinajstić information content (AvgIpc) is 3.20. The number of aromatic nitrogens is 2. The molecule has 0 aromatic carbocycles. The summed E-state index contributed by atoms with van der Waals surface area (Å²) in [7, 11) is 0. The van der Waals surface area contributed by atoms with Crippen molar-refractivity contribution in [3.63, 3.8) is 0 Å². The third kappa shape index (κ3) is 3.01. The summed E-state index contributed by atoms with van der Waals surface area (Å²) in [6, 6.07) is 0. The van der Waals surface area contributed by atoms with Crippen LogP contribution >= 0.6 is 22.7 Å². The van der Waals surface area contributed by atoms with E-state index in [4.69, 9.17) is 0 Å². The molecule has 3 rings (SSSR count). The van der Waals surface area contributed by atoms with Crippen LogP contribution in [0.4, 0.5) is 0 Å². The van der Waals surface area contributed by atoms with Gasteiger partial charge < -0.3 is 9.88 Å². The van der Waals surface area contributed by atoms with Crippen LogP contribution in [0.5, 0.6) is 0 Å². The molecule has 1 fully saturated rings. The first kappa shape index (κ1) is 15.4. The van der Waals surface area contributed by atoms with Crippen LogP contribution in [0.2, 0.25) is 0 Å². The third-order valence-electron chi connectivity index (χ3n) is 4.22. The molecule has 2 heterocycles. The predicted octanol–water partition coefficient (Wildman–Crippen LogP) is 2.65. The zero-order chi connectivity index (χ0) is 15.6. The van der Waals surface area contributed by atoms with Crippen LogP contribution in [-0.2, 0) is 16.9 Å². The van der Waals surface area contributed by atoms with Gasteiger partial charge in [0.1, 0.15) is 5.01 Å². The van der Waals surface area contributed by atoms with E-state index in [1.807, 2.05) is 17.7 Å². The molecule has 1 amide bonds. The number of carbonyl (C=O) groups excluding carboxylic acids is 1. The lowest BCUT2D eigenvalue weighted by molar-refractivity contribution is -0.123. The van der Waals surface area contributed by atoms with Gasteiger partial charge in [-0.2, -0.15) is 0 Å². The van der Waals surface area contributed by atoms with Gasteiger partial charge in [0.2, 0.25) is 5.91 Å². The Bertz CT molecular complexity index is 697. The normalized spacial score (nSPS) is 16.8. The lowest BCUT2D eigenvalue weighted by Gasteiger charge is -2.28. The third-order valence-corrected chi connectivity index (χ3v) is 6.07. The highest BCUT2D eigenvalue weighted by atomic mass is 32.1. The lowest BCUT2D eigenvalue weighted by Crippen LogP contribution is -2.44. The van der Waals surface area contributed by atoms with Gasteiger partial charge in [-0.3, -0.25) is 9.59 Å². The number of rotatable bonds is 5. The van der Waals surface area contributed by atoms with E-state index in [0.29, 0.717) is 13.0 Å². The second kappa shape index (κ2) is 6.34. The number of hydrogen-bond acceptors (Lipinski definition) is 5. The van der Waals surface area contributed by atoms with Crippen LogP contribution in [0, 0.1) is 6.92 Å². The number of aryl methyl sites for hydroxylation is 1. The Labute approximate surface area is 137 Å². The largest absolute Gasteiger partial charge is 0.344 e. The van der Waals surface area contributed by atoms with Gasteiger partial charge in [0.25, 0.3) is 0 Å². The number of amides is 1. The number of thiazole rings is 2. The molecule has 22 heavy (non-hydrogen) atoms. The van der Waals surface area contributed by atoms with Crippen LogP contribution in [0.25, 0.3) is 0 Å². The number of nitrogens with one attached hydrogen (secondary N) is 1. The molecule has 0 bridgehead atoms. The first-order valence-electron chi connectivity index (χ1n) is 7.47. The van der Waals surface area contributed by atoms with Crippen molar-refractivity contribution in [3.8, 4) is 0 Å². The summed E-state index contributed by atoms with van der Waals surface area (Å²) < 4.78 is 1.66. The van der Waals surface area contributed by atoms with Gasteiger partial charge in [-0.05, 0) is 19.8 Å². The molecule has 1 aliphatic rings. The molecule has 7 heteroatoms. The minimum Gasteiger partial charge on any atom is -0.344 e. The van der Waals surface area contributed by atoms with Gasteiger partial charge in [0.05, 0.1) is 5.54 Å². The molecule has 1 saturated carbocycles. The quantitative estimate of drug-likeness (QED) is 0.912. The second-order valence-corrected chi connectivity index (χ2v) is 7.43. The lowest BCUT2D eigenvalue weighted by atomic mass is 9.98. The summed E-state index contributed by atoms with van der Waals surface area (Å²) in [6.45, 7) is 2.33. The van der Waals surface area contributed by atoms with Crippen molar-refractivity contribution in [1.82, 2.24) is 14.9 Å². The molecule has 2 aromatic heterocycles. The smallest absolute Gasteiger partial charge is 0.307 e. The molecule has 0 unspecified atom stereocenters. The van der Waals surface area contributed by atoms with Crippen molar-refractivity contribution in [3.05, 3.63) is 37.3 Å². The number of hydrogen-bond donors (Lipinski definition) is 1. The summed E-state index contributed by atoms with van der Waals surface area (Å²) in [6.07, 6.45) is 6.24. The second-order valence-electron chi connectivity index (χ2n) is 5.72. The molecule has 0 radical (unpaired) electrons. The predicted molar refractivity (Wildman–Crippen MR) is 88.3 cm³/mol. The first-order valence-corrected chi connectivity index (χ1v) is 9.23. The van der Waals surface area contributed by atoms with E-state index in [0.717, 1.165) is 36.4 Å². The van der Waals surface area contributed by atoms with Crippen LogP contribution in [0.1, 0.15) is 42.8 Å². The fourth-order valence-corrected chi connectivity index (χ4v) is 4.66. The van der Waals surface area contributed by atoms with Crippen molar-refractivity contribution < 1.29 is 4.79 Å². The SMILES string of the molecule is Cc1csc(=O)n1CCC(=O)NC1(c2nccs2)CCCC1. The minimum absolute atomic E-state index is 0.000744. The molecule has 1 N–H and O–H groups in total. The molecule has 2 aromatic rings. The fourth-order valence-electron chi connectivity index (χ4n) is 3.05. The van der Waals surface area contributed by atoms with Crippen LogP contribution in [0.3, 0.4) is 0 Å². The van der Waals surface area contributed by atoms with Crippen molar-refractivity contribution in [2.45, 2.75) is 51.1 Å². The molecule has 0 spiro atoms. The van der Waals surface area contributed by atoms with Crippen LogP contribution in [0.15, 0.2) is 21.8 Å². The maximum atomic E-state index is 12.4. The fraction of sp³-hybridized carbons (Fsp3) is 0.533. The highest BCUT2D eigenvalue weighted by molar-refractivity contribution is 7.09. The maximum absolute atomic E-state index is 12.4. The van der Waals surface area contributed by atoms with Crippen molar-refractivity contribution in [1.29, 1.82) is 0 Å². The van der Waals surface area contributed by atoms with Crippen LogP contribution < -0.4 is 10.2 Å². The summed E-state index contributed by atoms with van der Waals surface area (Å²) in [5.74, 6) is -0.00500. The Hall–Kier alpha value is -1.47. The van der Waals surface area contributed by atoms with Crippen molar-refractivity contribution >= 4 is 28.6 Å². The van der Waals surface area contributed by atoms with E-state index in [2.05, 4.69) is 10.3 Å². The molecule has 0 aliphatic heterocycles. The Kier molecular flexibility index (Phi) is 4.44. The highest BCUT2D eigenvalue weighted by Crippen LogP contribution is 2.39. The Morgan fingerprint density at radius 1 is 1.41 bits per heavy atom. The summed E-state index contributed by atoms with van der Waals surface area (Å²) in [4.78, 5) is 28.5. The standard InChI is InChI=1S/C15H19N3O2S2/c1-11-10-22-14(20)18(11)8-4-12(19)17-15(5-2-3-6-15)13-16-7-9-21-13/h7,9-10H,2-6,8H2,1H3,(H,17,19). The summed E-state index contributed by atoms with van der Waals surface area (Å²) >= 11 is 2.78. The van der Waals surface area contributed by atoms with E-state index in [-0.39, 0.29) is 16.3 Å². The van der Waals surface area contributed by atoms with E-state index in [1.165, 1.54) is 11.3 Å². The Balaban J connectivity index is 1.67. The molecule has 0 saturated heterocycles. The topological polar surface area (TPSA) is 64.0 Å². The van der Waals surface area contributed by atoms with Crippen molar-refractivity contribution in [2.75, 3.05) is 0 Å². The van der Waals surface area contributed by atoms with Gasteiger partial charge in [-0.25, -0.2) is 4.98 Å². The van der Waals surface area contributed by atoms with Gasteiger partial charge in [-0.15, -0.1) is 11.3 Å². The number of carbonyl (C=O) groups is 1. The van der Waals surface area contributed by atoms with Crippen LogP contribution in [-0.4, -0.2) is 15.5 Å². The molecule has 5 nitrogen and oxygen atoms in total. The molecule has 0 atom stereocenters. The van der Waals surface area contributed by atoms with E-state index in [9.17, 15) is 9.59 Å². The first-order chi connectivity index (χ1) is 10.6. The zero-order valence-electron chi connectivity index (χ0n) is 12.5. The monoisotopic (exact) mass is 337 g/mol. The van der Waals surface area contributed by atoms with Gasteiger partial charge in [0, 0.05) is 35.6 Å². The van der Waals surface area contributed by atoms with E-state index >= 15 is 0 Å². The van der Waals surface area contributed by atoms with E-state index in [1.54, 1.807) is 22.1 Å². The highest BCUT2D eigenvalue weighted by Gasteiger charge is 2.39. The van der Waals surface area contributed by atoms with E-state index < -0.39 is 0 Å². The summed E-state index contributed by atoms with van der Waals surface area (Å²) in [5.41, 5.74) is 0.623. The van der Waals surface area contributed by atoms with Gasteiger partial charge in [-0.1, -0.05) is 24.2 Å². The molecule has 118 valence electrons. The zero-order valence-corrected chi connectivity index (χ0v) is 14.1. The maximum Gasteiger partial charge on any atom is 0.307 e. The Morgan fingerprint density at radius 2 is 2.18 bits per heavy atom. The average molecular weight is 337 g/mol.